The third kappa shape index (κ3) is 4.69. The van der Waals surface area contributed by atoms with Gasteiger partial charge >= 0.3 is 6.03 Å². The summed E-state index contributed by atoms with van der Waals surface area (Å²) in [7, 11) is 4.60. The zero-order valence-corrected chi connectivity index (χ0v) is 14.5. The summed E-state index contributed by atoms with van der Waals surface area (Å²) < 4.78 is 15.4. The minimum atomic E-state index is -0.350. The standard InChI is InChI=1S/C18H22N2O5/c1-23-14-8-7-12(9-16(14)25-3)10-19-18(22)20-11-13-5-4-6-15(24-2)17(13)21/h4-9,21H,10-11H2,1-3H3,(H2,19,20,22). The fourth-order valence-corrected chi connectivity index (χ4v) is 2.29. The highest BCUT2D eigenvalue weighted by molar-refractivity contribution is 5.74. The van der Waals surface area contributed by atoms with Crippen molar-refractivity contribution in [3.63, 3.8) is 0 Å². The second-order valence-corrected chi connectivity index (χ2v) is 5.19. The van der Waals surface area contributed by atoms with E-state index in [1.54, 1.807) is 44.6 Å². The molecule has 2 amide bonds. The molecule has 0 aromatic heterocycles. The highest BCUT2D eigenvalue weighted by Gasteiger charge is 2.09. The Hall–Kier alpha value is -3.09. The van der Waals surface area contributed by atoms with E-state index in [0.717, 1.165) is 5.56 Å². The summed E-state index contributed by atoms with van der Waals surface area (Å²) in [6.45, 7) is 0.511. The number of phenols is 1. The van der Waals surface area contributed by atoms with Crippen molar-refractivity contribution in [2.24, 2.45) is 0 Å². The smallest absolute Gasteiger partial charge is 0.315 e. The van der Waals surface area contributed by atoms with E-state index in [1.807, 2.05) is 6.07 Å². The van der Waals surface area contributed by atoms with Gasteiger partial charge in [0.1, 0.15) is 0 Å². The number of methoxy groups -OCH3 is 3. The van der Waals surface area contributed by atoms with Crippen LogP contribution >= 0.6 is 0 Å². The lowest BCUT2D eigenvalue weighted by Gasteiger charge is -2.12. The topological polar surface area (TPSA) is 89.1 Å². The molecule has 25 heavy (non-hydrogen) atoms. The number of hydrogen-bond donors (Lipinski definition) is 3. The van der Waals surface area contributed by atoms with Crippen LogP contribution in [-0.2, 0) is 13.1 Å². The van der Waals surface area contributed by atoms with Gasteiger partial charge in [0.2, 0.25) is 0 Å². The molecule has 0 saturated heterocycles. The number of hydrogen-bond acceptors (Lipinski definition) is 5. The number of benzene rings is 2. The minimum Gasteiger partial charge on any atom is -0.504 e. The Balaban J connectivity index is 1.89. The first kappa shape index (κ1) is 18.3. The molecular weight excluding hydrogens is 324 g/mol. The summed E-state index contributed by atoms with van der Waals surface area (Å²) in [5.74, 6) is 1.61. The number of carbonyl (C=O) groups excluding carboxylic acids is 1. The van der Waals surface area contributed by atoms with E-state index in [9.17, 15) is 9.90 Å². The molecular formula is C18H22N2O5. The van der Waals surface area contributed by atoms with Gasteiger partial charge in [-0.25, -0.2) is 4.79 Å². The highest BCUT2D eigenvalue weighted by Crippen LogP contribution is 2.29. The van der Waals surface area contributed by atoms with Crippen molar-refractivity contribution in [2.75, 3.05) is 21.3 Å². The number of ether oxygens (including phenoxy) is 3. The van der Waals surface area contributed by atoms with Gasteiger partial charge in [-0.15, -0.1) is 0 Å². The molecule has 0 heterocycles. The van der Waals surface area contributed by atoms with Crippen molar-refractivity contribution in [3.05, 3.63) is 47.5 Å². The Bertz CT molecular complexity index is 733. The number of aromatic hydroxyl groups is 1. The van der Waals surface area contributed by atoms with Crippen molar-refractivity contribution < 1.29 is 24.1 Å². The maximum atomic E-state index is 11.9. The normalized spacial score (nSPS) is 10.0. The lowest BCUT2D eigenvalue weighted by Crippen LogP contribution is -2.34. The first-order chi connectivity index (χ1) is 12.1. The second-order valence-electron chi connectivity index (χ2n) is 5.19. The number of phenolic OH excluding ortho intramolecular Hbond substituents is 1. The van der Waals surface area contributed by atoms with Crippen LogP contribution in [0.3, 0.4) is 0 Å². The number of carbonyl (C=O) groups is 1. The van der Waals surface area contributed by atoms with E-state index in [2.05, 4.69) is 10.6 Å². The zero-order valence-electron chi connectivity index (χ0n) is 14.5. The average molecular weight is 346 g/mol. The van der Waals surface area contributed by atoms with Gasteiger partial charge in [-0.2, -0.15) is 0 Å². The molecule has 0 fully saturated rings. The Morgan fingerprint density at radius 1 is 0.920 bits per heavy atom. The Labute approximate surface area is 146 Å². The monoisotopic (exact) mass is 346 g/mol. The van der Waals surface area contributed by atoms with E-state index < -0.39 is 0 Å². The molecule has 2 aromatic carbocycles. The van der Waals surface area contributed by atoms with Crippen molar-refractivity contribution in [2.45, 2.75) is 13.1 Å². The van der Waals surface area contributed by atoms with Gasteiger partial charge in [0, 0.05) is 18.7 Å². The lowest BCUT2D eigenvalue weighted by atomic mass is 10.2. The predicted octanol–water partition coefficient (Wildman–Crippen LogP) is 2.42. The first-order valence-corrected chi connectivity index (χ1v) is 7.66. The number of urea groups is 1. The summed E-state index contributed by atoms with van der Waals surface area (Å²) in [5.41, 5.74) is 1.44. The third-order valence-corrected chi connectivity index (χ3v) is 3.64. The van der Waals surface area contributed by atoms with Crippen LogP contribution in [0, 0.1) is 0 Å². The van der Waals surface area contributed by atoms with Crippen LogP contribution in [0.4, 0.5) is 4.79 Å². The minimum absolute atomic E-state index is 0.0187. The molecule has 0 unspecified atom stereocenters. The van der Waals surface area contributed by atoms with Crippen LogP contribution in [0.1, 0.15) is 11.1 Å². The molecule has 0 aliphatic heterocycles. The molecule has 2 aromatic rings. The van der Waals surface area contributed by atoms with Crippen molar-refractivity contribution >= 4 is 6.03 Å². The van der Waals surface area contributed by atoms with Gasteiger partial charge in [0.25, 0.3) is 0 Å². The molecule has 0 atom stereocenters. The third-order valence-electron chi connectivity index (χ3n) is 3.64. The zero-order chi connectivity index (χ0) is 18.2. The average Bonchev–Trinajstić information content (AvgIpc) is 2.65. The van der Waals surface area contributed by atoms with Crippen LogP contribution < -0.4 is 24.8 Å². The van der Waals surface area contributed by atoms with Crippen LogP contribution in [0.5, 0.6) is 23.0 Å². The Morgan fingerprint density at radius 3 is 2.28 bits per heavy atom. The fraction of sp³-hybridized carbons (Fsp3) is 0.278. The van der Waals surface area contributed by atoms with Crippen molar-refractivity contribution in [1.29, 1.82) is 0 Å². The molecule has 7 nitrogen and oxygen atoms in total. The fourth-order valence-electron chi connectivity index (χ4n) is 2.29. The van der Waals surface area contributed by atoms with Gasteiger partial charge in [0.15, 0.2) is 23.0 Å². The summed E-state index contributed by atoms with van der Waals surface area (Å²) in [5, 5.41) is 15.4. The summed E-state index contributed by atoms with van der Waals surface area (Å²) in [6, 6.07) is 10.2. The maximum absolute atomic E-state index is 11.9. The van der Waals surface area contributed by atoms with E-state index in [1.165, 1.54) is 7.11 Å². The van der Waals surface area contributed by atoms with Crippen molar-refractivity contribution in [1.82, 2.24) is 10.6 Å². The molecule has 0 aliphatic rings. The summed E-state index contributed by atoms with van der Waals surface area (Å²) >= 11 is 0. The van der Waals surface area contributed by atoms with Gasteiger partial charge < -0.3 is 30.0 Å². The van der Waals surface area contributed by atoms with Gasteiger partial charge in [-0.3, -0.25) is 0 Å². The molecule has 2 rings (SSSR count). The summed E-state index contributed by atoms with van der Waals surface area (Å²) in [6.07, 6.45) is 0. The van der Waals surface area contributed by atoms with Gasteiger partial charge in [0.05, 0.1) is 21.3 Å². The van der Waals surface area contributed by atoms with Crippen LogP contribution in [0.15, 0.2) is 36.4 Å². The van der Waals surface area contributed by atoms with E-state index in [4.69, 9.17) is 14.2 Å². The van der Waals surface area contributed by atoms with Gasteiger partial charge in [-0.05, 0) is 23.8 Å². The SMILES string of the molecule is COc1ccc(CNC(=O)NCc2cccc(OC)c2O)cc1OC. The highest BCUT2D eigenvalue weighted by atomic mass is 16.5. The number of rotatable bonds is 7. The molecule has 0 bridgehead atoms. The lowest BCUT2D eigenvalue weighted by molar-refractivity contribution is 0.240. The maximum Gasteiger partial charge on any atom is 0.315 e. The largest absolute Gasteiger partial charge is 0.504 e. The Kier molecular flexibility index (Phi) is 6.33. The van der Waals surface area contributed by atoms with E-state index >= 15 is 0 Å². The molecule has 134 valence electrons. The first-order valence-electron chi connectivity index (χ1n) is 7.66. The second kappa shape index (κ2) is 8.68. The summed E-state index contributed by atoms with van der Waals surface area (Å²) in [4.78, 5) is 11.9. The number of nitrogens with one attached hydrogen (secondary N) is 2. The van der Waals surface area contributed by atoms with Crippen LogP contribution in [0.2, 0.25) is 0 Å². The molecule has 0 saturated carbocycles. The van der Waals surface area contributed by atoms with Gasteiger partial charge in [-0.1, -0.05) is 18.2 Å². The quantitative estimate of drug-likeness (QED) is 0.716. The Morgan fingerprint density at radius 2 is 1.60 bits per heavy atom. The van der Waals surface area contributed by atoms with Crippen molar-refractivity contribution in [3.8, 4) is 23.0 Å². The number of para-hydroxylation sites is 1. The van der Waals surface area contributed by atoms with Crippen LogP contribution in [-0.4, -0.2) is 32.5 Å². The van der Waals surface area contributed by atoms with E-state index in [-0.39, 0.29) is 18.3 Å². The van der Waals surface area contributed by atoms with Crippen LogP contribution in [0.25, 0.3) is 0 Å². The predicted molar refractivity (Wildman–Crippen MR) is 93.3 cm³/mol. The molecule has 0 aliphatic carbocycles. The van der Waals surface area contributed by atoms with E-state index in [0.29, 0.717) is 29.4 Å². The number of amides is 2. The molecule has 0 spiro atoms. The molecule has 3 N–H and O–H groups in total. The molecule has 0 radical (unpaired) electrons. The molecule has 7 heteroatoms.